The Morgan fingerprint density at radius 3 is 2.67 bits per heavy atom. The molecule has 0 amide bonds. The van der Waals surface area contributed by atoms with Gasteiger partial charge in [-0.05, 0) is 42.3 Å². The number of hydrogen-bond donors (Lipinski definition) is 2. The van der Waals surface area contributed by atoms with Gasteiger partial charge in [-0.3, -0.25) is 0 Å². The lowest BCUT2D eigenvalue weighted by Gasteiger charge is -2.16. The van der Waals surface area contributed by atoms with E-state index in [1.54, 1.807) is 0 Å². The maximum Gasteiger partial charge on any atom is 0.0682 e. The first kappa shape index (κ1) is 12.9. The topological polar surface area (TPSA) is 32.3 Å². The Balaban J connectivity index is 2.13. The van der Waals surface area contributed by atoms with Gasteiger partial charge in [0.2, 0.25) is 0 Å². The second-order valence-electron chi connectivity index (χ2n) is 4.28. The minimum atomic E-state index is 0.0566. The van der Waals surface area contributed by atoms with Crippen molar-refractivity contribution in [3.05, 3.63) is 64.7 Å². The van der Waals surface area contributed by atoms with Gasteiger partial charge in [0, 0.05) is 16.8 Å². The second kappa shape index (κ2) is 5.89. The molecule has 0 bridgehead atoms. The van der Waals surface area contributed by atoms with Crippen molar-refractivity contribution < 1.29 is 5.11 Å². The van der Waals surface area contributed by atoms with Crippen molar-refractivity contribution >= 4 is 17.3 Å². The number of halogens is 1. The molecule has 0 aliphatic rings. The predicted molar refractivity (Wildman–Crippen MR) is 75.9 cm³/mol. The third-order valence-electron chi connectivity index (χ3n) is 2.84. The van der Waals surface area contributed by atoms with Crippen molar-refractivity contribution in [2.24, 2.45) is 0 Å². The van der Waals surface area contributed by atoms with Gasteiger partial charge in [0.05, 0.1) is 6.61 Å². The van der Waals surface area contributed by atoms with Crippen molar-refractivity contribution in [3.63, 3.8) is 0 Å². The standard InChI is InChI=1S/C15H16ClNO/c1-11(13-5-3-6-14(16)9-13)17-15-7-2-4-12(8-15)10-18/h2-9,11,17-18H,10H2,1H3. The highest BCUT2D eigenvalue weighted by Gasteiger charge is 2.05. The summed E-state index contributed by atoms with van der Waals surface area (Å²) in [6, 6.07) is 15.7. The van der Waals surface area contributed by atoms with E-state index in [0.717, 1.165) is 21.8 Å². The minimum Gasteiger partial charge on any atom is -0.392 e. The molecule has 0 fully saturated rings. The molecule has 0 spiro atoms. The summed E-state index contributed by atoms with van der Waals surface area (Å²) in [5.74, 6) is 0. The molecule has 0 heterocycles. The van der Waals surface area contributed by atoms with Crippen molar-refractivity contribution in [3.8, 4) is 0 Å². The fourth-order valence-electron chi connectivity index (χ4n) is 1.87. The van der Waals surface area contributed by atoms with Crippen LogP contribution in [0.5, 0.6) is 0 Å². The zero-order chi connectivity index (χ0) is 13.0. The van der Waals surface area contributed by atoms with Crippen molar-refractivity contribution in [1.29, 1.82) is 0 Å². The van der Waals surface area contributed by atoms with Crippen molar-refractivity contribution in [1.82, 2.24) is 0 Å². The number of benzene rings is 2. The van der Waals surface area contributed by atoms with E-state index in [1.807, 2.05) is 48.5 Å². The van der Waals surface area contributed by atoms with Gasteiger partial charge in [0.15, 0.2) is 0 Å². The number of hydrogen-bond acceptors (Lipinski definition) is 2. The van der Waals surface area contributed by atoms with Gasteiger partial charge < -0.3 is 10.4 Å². The lowest BCUT2D eigenvalue weighted by molar-refractivity contribution is 0.282. The molecule has 0 aliphatic carbocycles. The Labute approximate surface area is 112 Å². The molecule has 2 rings (SSSR count). The van der Waals surface area contributed by atoms with Gasteiger partial charge in [-0.1, -0.05) is 35.9 Å². The summed E-state index contributed by atoms with van der Waals surface area (Å²) in [6.45, 7) is 2.14. The van der Waals surface area contributed by atoms with Crippen LogP contribution < -0.4 is 5.32 Å². The molecule has 3 heteroatoms. The summed E-state index contributed by atoms with van der Waals surface area (Å²) in [6.07, 6.45) is 0. The van der Waals surface area contributed by atoms with Crippen LogP contribution in [0.3, 0.4) is 0 Å². The van der Waals surface area contributed by atoms with Crippen molar-refractivity contribution in [2.45, 2.75) is 19.6 Å². The van der Waals surface area contributed by atoms with Crippen LogP contribution in [0.2, 0.25) is 5.02 Å². The quantitative estimate of drug-likeness (QED) is 0.872. The van der Waals surface area contributed by atoms with Crippen molar-refractivity contribution in [2.75, 3.05) is 5.32 Å². The average molecular weight is 262 g/mol. The van der Waals surface area contributed by atoms with E-state index >= 15 is 0 Å². The fourth-order valence-corrected chi connectivity index (χ4v) is 2.07. The Kier molecular flexibility index (Phi) is 4.24. The van der Waals surface area contributed by atoms with Gasteiger partial charge in [0.1, 0.15) is 0 Å². The first-order chi connectivity index (χ1) is 8.69. The highest BCUT2D eigenvalue weighted by atomic mass is 35.5. The first-order valence-electron chi connectivity index (χ1n) is 5.91. The van der Waals surface area contributed by atoms with Gasteiger partial charge in [-0.25, -0.2) is 0 Å². The molecular weight excluding hydrogens is 246 g/mol. The summed E-state index contributed by atoms with van der Waals surface area (Å²) in [4.78, 5) is 0. The number of nitrogens with one attached hydrogen (secondary N) is 1. The maximum atomic E-state index is 9.10. The summed E-state index contributed by atoms with van der Waals surface area (Å²) >= 11 is 5.98. The third-order valence-corrected chi connectivity index (χ3v) is 3.08. The monoisotopic (exact) mass is 261 g/mol. The largest absolute Gasteiger partial charge is 0.392 e. The van der Waals surface area contributed by atoms with E-state index < -0.39 is 0 Å². The molecule has 0 radical (unpaired) electrons. The Hall–Kier alpha value is -1.51. The molecule has 0 saturated heterocycles. The lowest BCUT2D eigenvalue weighted by Crippen LogP contribution is -2.06. The highest BCUT2D eigenvalue weighted by Crippen LogP contribution is 2.22. The molecule has 0 aromatic heterocycles. The summed E-state index contributed by atoms with van der Waals surface area (Å²) in [5, 5.41) is 13.2. The molecule has 2 N–H and O–H groups in total. The highest BCUT2D eigenvalue weighted by molar-refractivity contribution is 6.30. The fraction of sp³-hybridized carbons (Fsp3) is 0.200. The number of aliphatic hydroxyl groups excluding tert-OH is 1. The van der Waals surface area contributed by atoms with E-state index in [-0.39, 0.29) is 12.6 Å². The second-order valence-corrected chi connectivity index (χ2v) is 4.72. The van der Waals surface area contributed by atoms with Gasteiger partial charge in [0.25, 0.3) is 0 Å². The molecule has 0 aliphatic heterocycles. The smallest absolute Gasteiger partial charge is 0.0682 e. The Morgan fingerprint density at radius 2 is 1.94 bits per heavy atom. The normalized spacial score (nSPS) is 12.2. The molecule has 2 nitrogen and oxygen atoms in total. The first-order valence-corrected chi connectivity index (χ1v) is 6.28. The average Bonchev–Trinajstić information content (AvgIpc) is 2.39. The zero-order valence-corrected chi connectivity index (χ0v) is 11.0. The molecule has 2 aromatic carbocycles. The van der Waals surface area contributed by atoms with E-state index in [4.69, 9.17) is 16.7 Å². The lowest BCUT2D eigenvalue weighted by atomic mass is 10.1. The van der Waals surface area contributed by atoms with E-state index in [2.05, 4.69) is 12.2 Å². The van der Waals surface area contributed by atoms with Crippen LogP contribution in [-0.4, -0.2) is 5.11 Å². The number of anilines is 1. The SMILES string of the molecule is CC(Nc1cccc(CO)c1)c1cccc(Cl)c1. The number of rotatable bonds is 4. The maximum absolute atomic E-state index is 9.10. The van der Waals surface area contributed by atoms with E-state index in [1.165, 1.54) is 0 Å². The molecule has 1 unspecified atom stereocenters. The van der Waals surface area contributed by atoms with Crippen LogP contribution in [-0.2, 0) is 6.61 Å². The Bertz CT molecular complexity index is 527. The summed E-state index contributed by atoms with van der Waals surface area (Å²) in [5.41, 5.74) is 3.03. The van der Waals surface area contributed by atoms with Crippen LogP contribution >= 0.6 is 11.6 Å². The summed E-state index contributed by atoms with van der Waals surface area (Å²) < 4.78 is 0. The zero-order valence-electron chi connectivity index (χ0n) is 10.2. The van der Waals surface area contributed by atoms with E-state index in [0.29, 0.717) is 0 Å². The number of aliphatic hydroxyl groups is 1. The van der Waals surface area contributed by atoms with E-state index in [9.17, 15) is 0 Å². The molecule has 1 atom stereocenters. The van der Waals surface area contributed by atoms with Crippen LogP contribution in [0.1, 0.15) is 24.1 Å². The van der Waals surface area contributed by atoms with Crippen LogP contribution in [0, 0.1) is 0 Å². The van der Waals surface area contributed by atoms with Gasteiger partial charge >= 0.3 is 0 Å². The van der Waals surface area contributed by atoms with Crippen LogP contribution in [0.25, 0.3) is 0 Å². The molecular formula is C15H16ClNO. The van der Waals surface area contributed by atoms with Gasteiger partial charge in [-0.15, -0.1) is 0 Å². The van der Waals surface area contributed by atoms with Crippen LogP contribution in [0.4, 0.5) is 5.69 Å². The van der Waals surface area contributed by atoms with Gasteiger partial charge in [-0.2, -0.15) is 0 Å². The minimum absolute atomic E-state index is 0.0566. The molecule has 2 aromatic rings. The molecule has 18 heavy (non-hydrogen) atoms. The Morgan fingerprint density at radius 1 is 1.17 bits per heavy atom. The third kappa shape index (κ3) is 3.25. The summed E-state index contributed by atoms with van der Waals surface area (Å²) in [7, 11) is 0. The predicted octanol–water partition coefficient (Wildman–Crippen LogP) is 4.01. The molecule has 94 valence electrons. The molecule has 0 saturated carbocycles. The van der Waals surface area contributed by atoms with Crippen LogP contribution in [0.15, 0.2) is 48.5 Å².